The fraction of sp³-hybridized carbons (Fsp3) is 0.480. The highest BCUT2D eigenvalue weighted by Crippen LogP contribution is 2.62. The zero-order valence-corrected chi connectivity index (χ0v) is 19.6. The number of carbonyl (C=O) groups is 2. The van der Waals surface area contributed by atoms with E-state index >= 15 is 0 Å². The summed E-state index contributed by atoms with van der Waals surface area (Å²) in [4.78, 5) is 30.8. The molecule has 0 radical (unpaired) electrons. The Morgan fingerprint density at radius 1 is 1.18 bits per heavy atom. The van der Waals surface area contributed by atoms with Crippen LogP contribution in [-0.4, -0.2) is 16.6 Å². The number of carbonyl (C=O) groups excluding carboxylic acids is 2. The normalized spacial score (nSPS) is 26.5. The standard InChI is InChI=1S/C25H25ClF3NO3/c1-5-13-6-7-15(33-22-18(26)10-14(12-30-22)25(27,28)29)11-16(13)19-20(31)17-8-9-24(4,21(19)32)23(17,2)3/h6-7,10-12,17,19H,5,8-9H2,1-4H3. The van der Waals surface area contributed by atoms with Crippen molar-refractivity contribution in [3.05, 3.63) is 52.2 Å². The fourth-order valence-electron chi connectivity index (χ4n) is 5.38. The third-order valence-corrected chi connectivity index (χ3v) is 8.09. The van der Waals surface area contributed by atoms with E-state index < -0.39 is 28.5 Å². The van der Waals surface area contributed by atoms with Crippen molar-refractivity contribution in [1.29, 1.82) is 0 Å². The molecule has 0 N–H and O–H groups in total. The number of hydrogen-bond acceptors (Lipinski definition) is 4. The molecule has 2 aromatic rings. The Labute approximate surface area is 195 Å². The molecular formula is C25H25ClF3NO3. The molecule has 0 aliphatic heterocycles. The Balaban J connectivity index is 1.72. The van der Waals surface area contributed by atoms with E-state index in [1.54, 1.807) is 18.2 Å². The second-order valence-corrected chi connectivity index (χ2v) is 10.1. The van der Waals surface area contributed by atoms with Crippen molar-refractivity contribution in [3.8, 4) is 11.6 Å². The summed E-state index contributed by atoms with van der Waals surface area (Å²) >= 11 is 5.98. The quantitative estimate of drug-likeness (QED) is 0.453. The fourth-order valence-corrected chi connectivity index (χ4v) is 5.58. The third-order valence-electron chi connectivity index (χ3n) is 7.82. The Kier molecular flexibility index (Phi) is 5.63. The number of fused-ring (bicyclic) bond motifs is 2. The predicted molar refractivity (Wildman–Crippen MR) is 118 cm³/mol. The van der Waals surface area contributed by atoms with Crippen molar-refractivity contribution in [3.63, 3.8) is 0 Å². The Morgan fingerprint density at radius 3 is 2.48 bits per heavy atom. The molecule has 3 unspecified atom stereocenters. The van der Waals surface area contributed by atoms with Crippen molar-refractivity contribution in [2.24, 2.45) is 16.7 Å². The van der Waals surface area contributed by atoms with E-state index in [1.807, 2.05) is 27.7 Å². The number of aromatic nitrogens is 1. The van der Waals surface area contributed by atoms with Crippen molar-refractivity contribution >= 4 is 23.2 Å². The SMILES string of the molecule is CCc1ccc(Oc2ncc(C(F)(F)F)cc2Cl)cc1C1C(=O)C2CCC(C)(C1=O)C2(C)C. The average Bonchev–Trinajstić information content (AvgIpc) is 2.92. The molecule has 0 saturated heterocycles. The van der Waals surface area contributed by atoms with Gasteiger partial charge in [0.2, 0.25) is 5.88 Å². The van der Waals surface area contributed by atoms with Gasteiger partial charge in [-0.2, -0.15) is 13.2 Å². The van der Waals surface area contributed by atoms with E-state index in [9.17, 15) is 22.8 Å². The van der Waals surface area contributed by atoms with Crippen LogP contribution in [0.3, 0.4) is 0 Å². The van der Waals surface area contributed by atoms with Gasteiger partial charge >= 0.3 is 6.18 Å². The lowest BCUT2D eigenvalue weighted by Crippen LogP contribution is -2.52. The van der Waals surface area contributed by atoms with Gasteiger partial charge in [-0.05, 0) is 54.0 Å². The first-order chi connectivity index (χ1) is 15.3. The second kappa shape index (κ2) is 7.83. The molecule has 1 aromatic heterocycles. The molecule has 4 nitrogen and oxygen atoms in total. The summed E-state index contributed by atoms with van der Waals surface area (Å²) in [5.41, 5.74) is -0.553. The predicted octanol–water partition coefficient (Wildman–Crippen LogP) is 6.79. The van der Waals surface area contributed by atoms with Crippen LogP contribution in [0.25, 0.3) is 0 Å². The topological polar surface area (TPSA) is 56.3 Å². The van der Waals surface area contributed by atoms with Crippen LogP contribution in [0.15, 0.2) is 30.5 Å². The summed E-state index contributed by atoms with van der Waals surface area (Å²) in [7, 11) is 0. The highest BCUT2D eigenvalue weighted by atomic mass is 35.5. The van der Waals surface area contributed by atoms with Gasteiger partial charge < -0.3 is 4.74 Å². The van der Waals surface area contributed by atoms with Crippen molar-refractivity contribution < 1.29 is 27.5 Å². The molecule has 4 rings (SSSR count). The lowest BCUT2D eigenvalue weighted by molar-refractivity contribution is -0.149. The first-order valence-electron chi connectivity index (χ1n) is 10.9. The van der Waals surface area contributed by atoms with Gasteiger partial charge in [-0.15, -0.1) is 0 Å². The average molecular weight is 480 g/mol. The van der Waals surface area contributed by atoms with Crippen LogP contribution in [0.1, 0.15) is 63.1 Å². The highest BCUT2D eigenvalue weighted by Gasteiger charge is 2.64. The maximum atomic E-state index is 13.7. The summed E-state index contributed by atoms with van der Waals surface area (Å²) in [5.74, 6) is -1.18. The van der Waals surface area contributed by atoms with Crippen LogP contribution < -0.4 is 4.74 Å². The molecule has 8 heteroatoms. The summed E-state index contributed by atoms with van der Waals surface area (Å²) in [6.07, 6.45) is -1.95. The molecule has 0 amide bonds. The minimum Gasteiger partial charge on any atom is -0.438 e. The summed E-state index contributed by atoms with van der Waals surface area (Å²) in [5, 5.41) is -0.289. The number of ether oxygens (including phenoxy) is 1. The van der Waals surface area contributed by atoms with Gasteiger partial charge in [0, 0.05) is 17.5 Å². The minimum absolute atomic E-state index is 0.0717. The van der Waals surface area contributed by atoms with Gasteiger partial charge in [-0.1, -0.05) is 45.4 Å². The van der Waals surface area contributed by atoms with E-state index in [4.69, 9.17) is 16.3 Å². The van der Waals surface area contributed by atoms with Crippen molar-refractivity contribution in [2.75, 3.05) is 0 Å². The molecule has 2 fully saturated rings. The first kappa shape index (κ1) is 23.7. The molecule has 2 aliphatic rings. The lowest BCUT2D eigenvalue weighted by Gasteiger charge is -2.46. The Morgan fingerprint density at radius 2 is 1.88 bits per heavy atom. The summed E-state index contributed by atoms with van der Waals surface area (Å²) in [6, 6.07) is 5.78. The number of pyridine rings is 1. The van der Waals surface area contributed by atoms with Crippen LogP contribution >= 0.6 is 11.6 Å². The largest absolute Gasteiger partial charge is 0.438 e. The molecule has 2 aliphatic carbocycles. The molecule has 176 valence electrons. The van der Waals surface area contributed by atoms with E-state index in [2.05, 4.69) is 4.98 Å². The number of nitrogens with zero attached hydrogens (tertiary/aromatic N) is 1. The van der Waals surface area contributed by atoms with Gasteiger partial charge in [-0.3, -0.25) is 9.59 Å². The van der Waals surface area contributed by atoms with Crippen LogP contribution in [0.2, 0.25) is 5.02 Å². The van der Waals surface area contributed by atoms with Gasteiger partial charge in [-0.25, -0.2) is 4.98 Å². The van der Waals surface area contributed by atoms with Crippen molar-refractivity contribution in [1.82, 2.24) is 4.98 Å². The first-order valence-corrected chi connectivity index (χ1v) is 11.3. The molecule has 2 bridgehead atoms. The third kappa shape index (κ3) is 3.65. The summed E-state index contributed by atoms with van der Waals surface area (Å²) in [6.45, 7) is 7.88. The molecule has 2 saturated carbocycles. The molecule has 3 atom stereocenters. The van der Waals surface area contributed by atoms with E-state index in [-0.39, 0.29) is 34.1 Å². The van der Waals surface area contributed by atoms with Gasteiger partial charge in [0.05, 0.1) is 5.56 Å². The van der Waals surface area contributed by atoms with E-state index in [1.165, 1.54) is 0 Å². The van der Waals surface area contributed by atoms with Crippen LogP contribution in [0, 0.1) is 16.7 Å². The number of rotatable bonds is 4. The van der Waals surface area contributed by atoms with E-state index in [0.717, 1.165) is 11.6 Å². The Bertz CT molecular complexity index is 1140. The van der Waals surface area contributed by atoms with Crippen LogP contribution in [0.4, 0.5) is 13.2 Å². The molecule has 33 heavy (non-hydrogen) atoms. The number of ketones is 2. The van der Waals surface area contributed by atoms with Gasteiger partial charge in [0.1, 0.15) is 16.7 Å². The van der Waals surface area contributed by atoms with Crippen LogP contribution in [-0.2, 0) is 22.2 Å². The second-order valence-electron chi connectivity index (χ2n) is 9.67. The van der Waals surface area contributed by atoms with Gasteiger partial charge in [0.25, 0.3) is 0 Å². The molecule has 0 spiro atoms. The number of alkyl halides is 3. The smallest absolute Gasteiger partial charge is 0.417 e. The summed E-state index contributed by atoms with van der Waals surface area (Å²) < 4.78 is 44.4. The zero-order valence-electron chi connectivity index (χ0n) is 18.8. The number of aryl methyl sites for hydroxylation is 1. The maximum absolute atomic E-state index is 13.7. The number of halogens is 4. The van der Waals surface area contributed by atoms with Crippen molar-refractivity contribution in [2.45, 2.75) is 59.1 Å². The number of benzene rings is 1. The Hall–Kier alpha value is -2.41. The molecular weight excluding hydrogens is 455 g/mol. The highest BCUT2D eigenvalue weighted by molar-refractivity contribution is 6.31. The monoisotopic (exact) mass is 479 g/mol. The van der Waals surface area contributed by atoms with E-state index in [0.29, 0.717) is 31.0 Å². The number of Topliss-reactive ketones (excluding diaryl/α,β-unsaturated/α-hetero) is 2. The molecule has 1 aromatic carbocycles. The van der Waals surface area contributed by atoms with Gasteiger partial charge in [0.15, 0.2) is 11.6 Å². The maximum Gasteiger partial charge on any atom is 0.417 e. The number of hydrogen-bond donors (Lipinski definition) is 0. The molecule has 1 heterocycles. The lowest BCUT2D eigenvalue weighted by atomic mass is 9.54. The minimum atomic E-state index is -4.57. The van der Waals surface area contributed by atoms with Crippen LogP contribution in [0.5, 0.6) is 11.6 Å². The zero-order chi connectivity index (χ0) is 24.3.